The number of benzene rings is 1. The number of halogens is 2. The summed E-state index contributed by atoms with van der Waals surface area (Å²) in [5, 5.41) is 10.9. The highest BCUT2D eigenvalue weighted by atomic mass is 35.5. The van der Waals surface area contributed by atoms with Gasteiger partial charge in [-0.2, -0.15) is 5.10 Å². The normalized spacial score (nSPS) is 18.6. The van der Waals surface area contributed by atoms with Crippen molar-refractivity contribution in [3.63, 3.8) is 0 Å². The van der Waals surface area contributed by atoms with Gasteiger partial charge in [0, 0.05) is 24.6 Å². The van der Waals surface area contributed by atoms with Crippen molar-refractivity contribution >= 4 is 12.4 Å². The second-order valence-corrected chi connectivity index (χ2v) is 5.16. The molecule has 1 aromatic carbocycles. The van der Waals surface area contributed by atoms with Crippen LogP contribution in [0.15, 0.2) is 30.3 Å². The van der Waals surface area contributed by atoms with E-state index in [-0.39, 0.29) is 18.2 Å². The van der Waals surface area contributed by atoms with Crippen LogP contribution in [0.5, 0.6) is 0 Å². The number of hydrogen-bond acceptors (Lipinski definition) is 2. The summed E-state index contributed by atoms with van der Waals surface area (Å²) in [4.78, 5) is 0. The zero-order valence-electron chi connectivity index (χ0n) is 11.2. The first kappa shape index (κ1) is 15.0. The van der Waals surface area contributed by atoms with E-state index in [0.717, 1.165) is 30.8 Å². The molecule has 1 saturated heterocycles. The molecule has 2 heterocycles. The topological polar surface area (TPSA) is 40.7 Å². The number of nitrogens with zero attached hydrogens (tertiary/aromatic N) is 1. The minimum atomic E-state index is -0.195. The molecule has 3 nitrogen and oxygen atoms in total. The zero-order valence-corrected chi connectivity index (χ0v) is 12.0. The molecule has 0 aliphatic carbocycles. The van der Waals surface area contributed by atoms with Gasteiger partial charge in [0.15, 0.2) is 0 Å². The number of aromatic amines is 1. The van der Waals surface area contributed by atoms with E-state index in [0.29, 0.717) is 5.92 Å². The van der Waals surface area contributed by atoms with Crippen LogP contribution in [0.2, 0.25) is 0 Å². The average Bonchev–Trinajstić information content (AvgIpc) is 2.91. The quantitative estimate of drug-likeness (QED) is 0.914. The molecule has 3 rings (SSSR count). The van der Waals surface area contributed by atoms with E-state index >= 15 is 0 Å². The Balaban J connectivity index is 0.00000147. The predicted octanol–water partition coefficient (Wildman–Crippen LogP) is 3.03. The van der Waals surface area contributed by atoms with Gasteiger partial charge in [-0.25, -0.2) is 4.39 Å². The third-order valence-electron chi connectivity index (χ3n) is 3.69. The number of nitrogens with one attached hydrogen (secondary N) is 2. The van der Waals surface area contributed by atoms with Crippen molar-refractivity contribution in [1.82, 2.24) is 15.5 Å². The smallest absolute Gasteiger partial charge is 0.123 e. The summed E-state index contributed by atoms with van der Waals surface area (Å²) >= 11 is 0. The van der Waals surface area contributed by atoms with E-state index in [4.69, 9.17) is 0 Å². The molecular formula is C15H19ClFN3. The predicted molar refractivity (Wildman–Crippen MR) is 79.9 cm³/mol. The maximum atomic E-state index is 12.8. The Labute approximate surface area is 124 Å². The highest BCUT2D eigenvalue weighted by Gasteiger charge is 2.17. The van der Waals surface area contributed by atoms with Crippen molar-refractivity contribution in [2.75, 3.05) is 13.1 Å². The first-order chi connectivity index (χ1) is 9.31. The summed E-state index contributed by atoms with van der Waals surface area (Å²) in [6, 6.07) is 8.75. The minimum absolute atomic E-state index is 0. The van der Waals surface area contributed by atoms with Crippen molar-refractivity contribution in [3.8, 4) is 0 Å². The van der Waals surface area contributed by atoms with E-state index in [1.165, 1.54) is 30.7 Å². The van der Waals surface area contributed by atoms with Crippen LogP contribution < -0.4 is 5.32 Å². The number of hydrogen-bond donors (Lipinski definition) is 2. The number of piperidine rings is 1. The standard InChI is InChI=1S/C15H18FN3.ClH/c16-13-5-3-11(4-6-13)8-14-9-15(19-18-14)12-2-1-7-17-10-12;/h3-6,9,12,17H,1-2,7-8,10H2,(H,18,19);1H/t12-;/m0./s1. The highest BCUT2D eigenvalue weighted by molar-refractivity contribution is 5.85. The molecule has 1 aliphatic rings. The van der Waals surface area contributed by atoms with E-state index < -0.39 is 0 Å². The summed E-state index contributed by atoms with van der Waals surface area (Å²) in [6.45, 7) is 2.14. The molecule has 5 heteroatoms. The van der Waals surface area contributed by atoms with Crippen molar-refractivity contribution in [2.24, 2.45) is 0 Å². The lowest BCUT2D eigenvalue weighted by atomic mass is 9.96. The Hall–Kier alpha value is -1.39. The second-order valence-electron chi connectivity index (χ2n) is 5.16. The Kier molecular flexibility index (Phi) is 5.15. The zero-order chi connectivity index (χ0) is 13.1. The lowest BCUT2D eigenvalue weighted by Crippen LogP contribution is -2.28. The molecule has 108 valence electrons. The Morgan fingerprint density at radius 2 is 2.05 bits per heavy atom. The van der Waals surface area contributed by atoms with Crippen molar-refractivity contribution < 1.29 is 4.39 Å². The summed E-state index contributed by atoms with van der Waals surface area (Å²) in [6.07, 6.45) is 3.18. The fourth-order valence-electron chi connectivity index (χ4n) is 2.61. The number of rotatable bonds is 3. The Morgan fingerprint density at radius 1 is 1.25 bits per heavy atom. The van der Waals surface area contributed by atoms with Gasteiger partial charge in [-0.15, -0.1) is 12.4 Å². The van der Waals surface area contributed by atoms with Crippen LogP contribution in [0.1, 0.15) is 35.7 Å². The van der Waals surface area contributed by atoms with Crippen LogP contribution >= 0.6 is 12.4 Å². The molecule has 0 unspecified atom stereocenters. The first-order valence-corrected chi connectivity index (χ1v) is 6.80. The van der Waals surface area contributed by atoms with Gasteiger partial charge >= 0.3 is 0 Å². The van der Waals surface area contributed by atoms with E-state index in [1.54, 1.807) is 0 Å². The molecule has 20 heavy (non-hydrogen) atoms. The summed E-state index contributed by atoms with van der Waals surface area (Å²) in [7, 11) is 0. The molecule has 2 aromatic rings. The van der Waals surface area contributed by atoms with Gasteiger partial charge in [0.05, 0.1) is 5.69 Å². The fourth-order valence-corrected chi connectivity index (χ4v) is 2.61. The fraction of sp³-hybridized carbons (Fsp3) is 0.400. The second kappa shape index (κ2) is 6.86. The van der Waals surface area contributed by atoms with Gasteiger partial charge in [0.2, 0.25) is 0 Å². The molecule has 0 bridgehead atoms. The molecular weight excluding hydrogens is 277 g/mol. The molecule has 1 fully saturated rings. The van der Waals surface area contributed by atoms with Gasteiger partial charge in [-0.3, -0.25) is 5.10 Å². The largest absolute Gasteiger partial charge is 0.316 e. The van der Waals surface area contributed by atoms with Crippen LogP contribution in [0.3, 0.4) is 0 Å². The molecule has 1 aromatic heterocycles. The number of H-pyrrole nitrogens is 1. The molecule has 2 N–H and O–H groups in total. The van der Waals surface area contributed by atoms with Crippen LogP contribution in [-0.2, 0) is 6.42 Å². The van der Waals surface area contributed by atoms with Gasteiger partial charge in [0.1, 0.15) is 5.82 Å². The molecule has 0 radical (unpaired) electrons. The van der Waals surface area contributed by atoms with Crippen LogP contribution in [0.4, 0.5) is 4.39 Å². The molecule has 0 amide bonds. The third-order valence-corrected chi connectivity index (χ3v) is 3.69. The molecule has 1 aliphatic heterocycles. The molecule has 1 atom stereocenters. The van der Waals surface area contributed by atoms with Crippen molar-refractivity contribution in [2.45, 2.75) is 25.2 Å². The van der Waals surface area contributed by atoms with Crippen molar-refractivity contribution in [3.05, 3.63) is 53.1 Å². The first-order valence-electron chi connectivity index (χ1n) is 6.80. The maximum absolute atomic E-state index is 12.8. The average molecular weight is 296 g/mol. The SMILES string of the molecule is Cl.Fc1ccc(Cc2cc([C@H]3CCCNC3)[nH]n2)cc1. The van der Waals surface area contributed by atoms with Crippen molar-refractivity contribution in [1.29, 1.82) is 0 Å². The van der Waals surface area contributed by atoms with Gasteiger partial charge in [-0.05, 0) is 43.1 Å². The van der Waals surface area contributed by atoms with Gasteiger partial charge in [-0.1, -0.05) is 12.1 Å². The lowest BCUT2D eigenvalue weighted by Gasteiger charge is -2.21. The van der Waals surface area contributed by atoms with E-state index in [9.17, 15) is 4.39 Å². The van der Waals surface area contributed by atoms with E-state index in [1.807, 2.05) is 12.1 Å². The summed E-state index contributed by atoms with van der Waals surface area (Å²) < 4.78 is 12.8. The van der Waals surface area contributed by atoms with E-state index in [2.05, 4.69) is 21.6 Å². The Bertz CT molecular complexity index is 532. The van der Waals surface area contributed by atoms with Gasteiger partial charge in [0.25, 0.3) is 0 Å². The third kappa shape index (κ3) is 3.58. The molecule has 0 saturated carbocycles. The van der Waals surface area contributed by atoms with Gasteiger partial charge < -0.3 is 5.32 Å². The number of aromatic nitrogens is 2. The monoisotopic (exact) mass is 295 g/mol. The van der Waals surface area contributed by atoms with Crippen LogP contribution in [-0.4, -0.2) is 23.3 Å². The van der Waals surface area contributed by atoms with Crippen LogP contribution in [0, 0.1) is 5.82 Å². The Morgan fingerprint density at radius 3 is 2.75 bits per heavy atom. The van der Waals surface area contributed by atoms with Crippen LogP contribution in [0.25, 0.3) is 0 Å². The molecule has 0 spiro atoms. The summed E-state index contributed by atoms with van der Waals surface area (Å²) in [5.41, 5.74) is 3.32. The minimum Gasteiger partial charge on any atom is -0.316 e. The highest BCUT2D eigenvalue weighted by Crippen LogP contribution is 2.22. The maximum Gasteiger partial charge on any atom is 0.123 e. The lowest BCUT2D eigenvalue weighted by molar-refractivity contribution is 0.454. The summed E-state index contributed by atoms with van der Waals surface area (Å²) in [5.74, 6) is 0.350.